The molecule has 0 radical (unpaired) electrons. The van der Waals surface area contributed by atoms with Crippen molar-refractivity contribution in [3.8, 4) is 11.8 Å². The van der Waals surface area contributed by atoms with E-state index in [4.69, 9.17) is 19.9 Å². The Bertz CT molecular complexity index is 437. The van der Waals surface area contributed by atoms with Gasteiger partial charge in [-0.1, -0.05) is 0 Å². The monoisotopic (exact) mass is 280 g/mol. The molecule has 0 aliphatic carbocycles. The third kappa shape index (κ3) is 4.56. The van der Waals surface area contributed by atoms with Crippen LogP contribution in [0.15, 0.2) is 12.1 Å². The zero-order valence-corrected chi connectivity index (χ0v) is 12.5. The number of anilines is 1. The molecule has 0 saturated carbocycles. The second-order valence-corrected chi connectivity index (χ2v) is 6.13. The third-order valence-corrected chi connectivity index (χ3v) is 3.07. The van der Waals surface area contributed by atoms with Gasteiger partial charge in [-0.15, -0.1) is 0 Å². The summed E-state index contributed by atoms with van der Waals surface area (Å²) in [7, 11) is 0. The SMILES string of the molecule is CC(C)(C)Oc1nc(OCC2CCOCC2)ccc1N. The maximum atomic E-state index is 5.88. The number of nitrogens with zero attached hydrogens (tertiary/aromatic N) is 1. The molecule has 2 heterocycles. The molecule has 0 atom stereocenters. The van der Waals surface area contributed by atoms with E-state index in [2.05, 4.69) is 4.98 Å². The molecule has 0 aromatic carbocycles. The minimum atomic E-state index is -0.333. The van der Waals surface area contributed by atoms with E-state index in [0.29, 0.717) is 30.0 Å². The molecule has 112 valence electrons. The second-order valence-electron chi connectivity index (χ2n) is 6.13. The van der Waals surface area contributed by atoms with Crippen molar-refractivity contribution < 1.29 is 14.2 Å². The molecule has 0 spiro atoms. The number of hydrogen-bond donors (Lipinski definition) is 1. The highest BCUT2D eigenvalue weighted by Crippen LogP contribution is 2.26. The first-order chi connectivity index (χ1) is 9.44. The van der Waals surface area contributed by atoms with Crippen LogP contribution in [-0.4, -0.2) is 30.4 Å². The van der Waals surface area contributed by atoms with Crippen LogP contribution in [0.3, 0.4) is 0 Å². The van der Waals surface area contributed by atoms with Crippen molar-refractivity contribution in [2.75, 3.05) is 25.6 Å². The lowest BCUT2D eigenvalue weighted by Crippen LogP contribution is -2.24. The standard InChI is InChI=1S/C15H24N2O3/c1-15(2,3)20-14-12(16)4-5-13(17-14)19-10-11-6-8-18-9-7-11/h4-5,11H,6-10,16H2,1-3H3. The molecular formula is C15H24N2O3. The Hall–Kier alpha value is -1.49. The lowest BCUT2D eigenvalue weighted by atomic mass is 10.0. The number of nitrogen functional groups attached to an aromatic ring is 1. The van der Waals surface area contributed by atoms with Gasteiger partial charge in [-0.3, -0.25) is 0 Å². The molecule has 1 saturated heterocycles. The topological polar surface area (TPSA) is 66.6 Å². The number of aromatic nitrogens is 1. The Morgan fingerprint density at radius 1 is 1.30 bits per heavy atom. The van der Waals surface area contributed by atoms with Crippen LogP contribution in [0.25, 0.3) is 0 Å². The summed E-state index contributed by atoms with van der Waals surface area (Å²) in [4.78, 5) is 4.34. The fraction of sp³-hybridized carbons (Fsp3) is 0.667. The van der Waals surface area contributed by atoms with E-state index in [1.165, 1.54) is 0 Å². The third-order valence-electron chi connectivity index (χ3n) is 3.07. The van der Waals surface area contributed by atoms with Crippen LogP contribution in [0.1, 0.15) is 33.6 Å². The highest BCUT2D eigenvalue weighted by atomic mass is 16.5. The molecule has 1 aliphatic heterocycles. The molecule has 0 amide bonds. The Morgan fingerprint density at radius 3 is 2.65 bits per heavy atom. The lowest BCUT2D eigenvalue weighted by molar-refractivity contribution is 0.0487. The molecular weight excluding hydrogens is 256 g/mol. The average Bonchev–Trinajstić information content (AvgIpc) is 2.39. The second kappa shape index (κ2) is 6.31. The Kier molecular flexibility index (Phi) is 4.70. The summed E-state index contributed by atoms with van der Waals surface area (Å²) in [6, 6.07) is 3.55. The van der Waals surface area contributed by atoms with Gasteiger partial charge in [-0.25, -0.2) is 0 Å². The Balaban J connectivity index is 1.96. The fourth-order valence-corrected chi connectivity index (χ4v) is 2.00. The average molecular weight is 280 g/mol. The summed E-state index contributed by atoms with van der Waals surface area (Å²) < 4.78 is 16.8. The highest BCUT2D eigenvalue weighted by Gasteiger charge is 2.17. The van der Waals surface area contributed by atoms with Gasteiger partial charge in [0.1, 0.15) is 5.60 Å². The maximum Gasteiger partial charge on any atom is 0.241 e. The van der Waals surface area contributed by atoms with Crippen LogP contribution in [-0.2, 0) is 4.74 Å². The molecule has 20 heavy (non-hydrogen) atoms. The van der Waals surface area contributed by atoms with Gasteiger partial charge in [0, 0.05) is 19.3 Å². The number of rotatable bonds is 4. The van der Waals surface area contributed by atoms with Gasteiger partial charge in [0.25, 0.3) is 0 Å². The zero-order valence-electron chi connectivity index (χ0n) is 12.5. The molecule has 0 unspecified atom stereocenters. The first-order valence-corrected chi connectivity index (χ1v) is 7.10. The van der Waals surface area contributed by atoms with Crippen LogP contribution in [0.5, 0.6) is 11.8 Å². The quantitative estimate of drug-likeness (QED) is 0.918. The smallest absolute Gasteiger partial charge is 0.241 e. The summed E-state index contributed by atoms with van der Waals surface area (Å²) in [6.07, 6.45) is 2.08. The highest BCUT2D eigenvalue weighted by molar-refractivity contribution is 5.49. The summed E-state index contributed by atoms with van der Waals surface area (Å²) in [6.45, 7) is 8.19. The van der Waals surface area contributed by atoms with Crippen LogP contribution < -0.4 is 15.2 Å². The van der Waals surface area contributed by atoms with Crippen molar-refractivity contribution in [3.63, 3.8) is 0 Å². The van der Waals surface area contributed by atoms with E-state index >= 15 is 0 Å². The number of pyridine rings is 1. The molecule has 2 rings (SSSR count). The van der Waals surface area contributed by atoms with E-state index in [0.717, 1.165) is 26.1 Å². The summed E-state index contributed by atoms with van der Waals surface area (Å²) in [5.74, 6) is 1.53. The summed E-state index contributed by atoms with van der Waals surface area (Å²) in [5, 5.41) is 0. The number of hydrogen-bond acceptors (Lipinski definition) is 5. The van der Waals surface area contributed by atoms with Gasteiger partial charge in [-0.2, -0.15) is 4.98 Å². The first-order valence-electron chi connectivity index (χ1n) is 7.10. The van der Waals surface area contributed by atoms with Crippen LogP contribution in [0, 0.1) is 5.92 Å². The number of nitrogens with two attached hydrogens (primary N) is 1. The predicted molar refractivity (Wildman–Crippen MR) is 78.1 cm³/mol. The van der Waals surface area contributed by atoms with Crippen molar-refractivity contribution in [1.82, 2.24) is 4.98 Å². The van der Waals surface area contributed by atoms with E-state index in [-0.39, 0.29) is 5.60 Å². The van der Waals surface area contributed by atoms with Gasteiger partial charge in [0.05, 0.1) is 12.3 Å². The first kappa shape index (κ1) is 14.9. The molecule has 1 aromatic rings. The van der Waals surface area contributed by atoms with E-state index in [9.17, 15) is 0 Å². The zero-order chi connectivity index (χ0) is 14.6. The number of ether oxygens (including phenoxy) is 3. The van der Waals surface area contributed by atoms with Gasteiger partial charge in [0.2, 0.25) is 11.8 Å². The van der Waals surface area contributed by atoms with Crippen molar-refractivity contribution in [3.05, 3.63) is 12.1 Å². The largest absolute Gasteiger partial charge is 0.477 e. The Morgan fingerprint density at radius 2 is 2.00 bits per heavy atom. The minimum absolute atomic E-state index is 0.333. The summed E-state index contributed by atoms with van der Waals surface area (Å²) >= 11 is 0. The Labute approximate surface area is 120 Å². The van der Waals surface area contributed by atoms with Crippen molar-refractivity contribution >= 4 is 5.69 Å². The molecule has 1 fully saturated rings. The van der Waals surface area contributed by atoms with Crippen molar-refractivity contribution in [1.29, 1.82) is 0 Å². The van der Waals surface area contributed by atoms with Gasteiger partial charge >= 0.3 is 0 Å². The fourth-order valence-electron chi connectivity index (χ4n) is 2.00. The van der Waals surface area contributed by atoms with E-state index < -0.39 is 0 Å². The van der Waals surface area contributed by atoms with Gasteiger partial charge in [0.15, 0.2) is 0 Å². The molecule has 0 bridgehead atoms. The van der Waals surface area contributed by atoms with E-state index in [1.54, 1.807) is 12.1 Å². The van der Waals surface area contributed by atoms with Crippen LogP contribution in [0.2, 0.25) is 0 Å². The molecule has 1 aliphatic rings. The van der Waals surface area contributed by atoms with Crippen molar-refractivity contribution in [2.24, 2.45) is 5.92 Å². The summed E-state index contributed by atoms with van der Waals surface area (Å²) in [5.41, 5.74) is 6.07. The molecule has 1 aromatic heterocycles. The van der Waals surface area contributed by atoms with Crippen LogP contribution >= 0.6 is 0 Å². The minimum Gasteiger partial charge on any atom is -0.477 e. The normalized spacial score (nSPS) is 16.9. The van der Waals surface area contributed by atoms with Gasteiger partial charge in [-0.05, 0) is 45.6 Å². The molecule has 2 N–H and O–H groups in total. The lowest BCUT2D eigenvalue weighted by Gasteiger charge is -2.23. The van der Waals surface area contributed by atoms with Gasteiger partial charge < -0.3 is 19.9 Å². The van der Waals surface area contributed by atoms with Crippen molar-refractivity contribution in [2.45, 2.75) is 39.2 Å². The molecule has 5 nitrogen and oxygen atoms in total. The maximum absolute atomic E-state index is 5.88. The predicted octanol–water partition coefficient (Wildman–Crippen LogP) is 2.65. The van der Waals surface area contributed by atoms with E-state index in [1.807, 2.05) is 20.8 Å². The van der Waals surface area contributed by atoms with Crippen LogP contribution in [0.4, 0.5) is 5.69 Å². The molecule has 5 heteroatoms.